The molecule has 3 N–H and O–H groups in total. The van der Waals surface area contributed by atoms with E-state index in [0.29, 0.717) is 31.6 Å². The quantitative estimate of drug-likeness (QED) is 0.260. The van der Waals surface area contributed by atoms with Gasteiger partial charge in [-0.3, -0.25) is 24.0 Å². The highest BCUT2D eigenvalue weighted by Crippen LogP contribution is 2.48. The Labute approximate surface area is 310 Å². The summed E-state index contributed by atoms with van der Waals surface area (Å²) in [6, 6.07) is 6.81. The van der Waals surface area contributed by atoms with Crippen LogP contribution >= 0.6 is 0 Å². The van der Waals surface area contributed by atoms with Crippen LogP contribution in [0, 0.1) is 31.0 Å². The minimum Gasteiger partial charge on any atom is -0.493 e. The number of halogens is 1. The van der Waals surface area contributed by atoms with Gasteiger partial charge in [-0.25, -0.2) is 4.39 Å². The maximum atomic E-state index is 14.7. The van der Waals surface area contributed by atoms with Gasteiger partial charge in [-0.2, -0.15) is 0 Å². The molecule has 2 aromatic rings. The van der Waals surface area contributed by atoms with Crippen LogP contribution in [0.2, 0.25) is 0 Å². The number of ketones is 1. The molecule has 0 aromatic heterocycles. The summed E-state index contributed by atoms with van der Waals surface area (Å²) in [5.41, 5.74) is 2.40. The minimum absolute atomic E-state index is 0.00215. The van der Waals surface area contributed by atoms with Crippen molar-refractivity contribution < 1.29 is 37.9 Å². The van der Waals surface area contributed by atoms with E-state index in [9.17, 15) is 28.4 Å². The van der Waals surface area contributed by atoms with Gasteiger partial charge in [0.2, 0.25) is 23.5 Å². The predicted molar refractivity (Wildman–Crippen MR) is 197 cm³/mol. The van der Waals surface area contributed by atoms with Crippen molar-refractivity contribution >= 4 is 35.1 Å². The molecule has 12 nitrogen and oxygen atoms in total. The molecule has 13 heteroatoms. The number of ether oxygens (including phenoxy) is 1. The van der Waals surface area contributed by atoms with Crippen LogP contribution in [0.1, 0.15) is 94.9 Å². The molecule has 4 amide bonds. The first-order valence-electron chi connectivity index (χ1n) is 18.4. The molecule has 1 spiro atoms. The normalized spacial score (nSPS) is 23.1. The molecule has 6 atom stereocenters. The zero-order valence-electron chi connectivity index (χ0n) is 31.9. The van der Waals surface area contributed by atoms with Crippen LogP contribution in [0.4, 0.5) is 4.39 Å². The highest BCUT2D eigenvalue weighted by atomic mass is 19.1. The fourth-order valence-corrected chi connectivity index (χ4v) is 7.51. The van der Waals surface area contributed by atoms with Crippen LogP contribution in [0.5, 0.6) is 5.75 Å². The van der Waals surface area contributed by atoms with E-state index < -0.39 is 52.6 Å². The van der Waals surface area contributed by atoms with E-state index in [1.54, 1.807) is 12.1 Å². The van der Waals surface area contributed by atoms with Gasteiger partial charge in [0.25, 0.3) is 5.91 Å². The summed E-state index contributed by atoms with van der Waals surface area (Å²) in [4.78, 5) is 75.3. The van der Waals surface area contributed by atoms with Gasteiger partial charge in [-0.05, 0) is 85.9 Å². The topological polar surface area (TPSA) is 156 Å². The number of carbonyl (C=O) groups is 5. The Morgan fingerprint density at radius 2 is 1.70 bits per heavy atom. The monoisotopic (exact) mass is 733 g/mol. The number of hydrogen-bond acceptors (Lipinski definition) is 8. The van der Waals surface area contributed by atoms with Crippen molar-refractivity contribution in [3.05, 3.63) is 64.5 Å². The van der Waals surface area contributed by atoms with E-state index in [1.165, 1.54) is 24.1 Å². The molecule has 0 unspecified atom stereocenters. The molecule has 0 bridgehead atoms. The van der Waals surface area contributed by atoms with Crippen LogP contribution < -0.4 is 20.7 Å². The van der Waals surface area contributed by atoms with Crippen molar-refractivity contribution in [1.82, 2.24) is 20.9 Å². The molecule has 0 radical (unpaired) electrons. The molecule has 1 aliphatic carbocycles. The average molecular weight is 734 g/mol. The van der Waals surface area contributed by atoms with Gasteiger partial charge in [0, 0.05) is 31.4 Å². The van der Waals surface area contributed by atoms with E-state index in [4.69, 9.17) is 9.57 Å². The fraction of sp³-hybridized carbons (Fsp3) is 0.550. The van der Waals surface area contributed by atoms with Crippen molar-refractivity contribution in [3.8, 4) is 5.75 Å². The molecule has 2 aliphatic heterocycles. The number of amides is 4. The average Bonchev–Trinajstić information content (AvgIpc) is 3.67. The lowest BCUT2D eigenvalue weighted by Crippen LogP contribution is -2.59. The molecule has 286 valence electrons. The van der Waals surface area contributed by atoms with Crippen LogP contribution in [-0.4, -0.2) is 83.9 Å². The van der Waals surface area contributed by atoms with E-state index in [0.717, 1.165) is 28.0 Å². The van der Waals surface area contributed by atoms with Gasteiger partial charge in [-0.1, -0.05) is 51.4 Å². The van der Waals surface area contributed by atoms with Crippen LogP contribution in [-0.2, 0) is 28.8 Å². The number of likely N-dealkylation sites (N-methyl/N-ethyl adjacent to an activating group) is 1. The Bertz CT molecular complexity index is 1770. The molecule has 1 saturated heterocycles. The number of likely N-dealkylation sites (tertiary alicyclic amines) is 1. The first-order chi connectivity index (χ1) is 25.0. The van der Waals surface area contributed by atoms with E-state index in [2.05, 4.69) is 21.1 Å². The SMILES string of the molecule is CCC[C@H](NC(=O)[C@@H]1C[C@]2(CC(c3cc(C)c(OCC)c(C)c3)=NO2)CN1C(=O)[C@@H](NC(=O)[C@@H]1C[C@H]1c1ccc(F)cc1)C(C)(C)C)C(=O)C(=O)NC. The van der Waals surface area contributed by atoms with Gasteiger partial charge in [0.1, 0.15) is 23.7 Å². The molecule has 2 heterocycles. The summed E-state index contributed by atoms with van der Waals surface area (Å²) in [5.74, 6) is -3.02. The maximum absolute atomic E-state index is 14.7. The Morgan fingerprint density at radius 1 is 1.04 bits per heavy atom. The number of benzene rings is 2. The third-order valence-electron chi connectivity index (χ3n) is 10.4. The number of nitrogens with zero attached hydrogens (tertiary/aromatic N) is 2. The Balaban J connectivity index is 1.42. The Morgan fingerprint density at radius 3 is 2.28 bits per heavy atom. The molecule has 1 saturated carbocycles. The lowest BCUT2D eigenvalue weighted by Gasteiger charge is -2.35. The zero-order chi connectivity index (χ0) is 38.8. The van der Waals surface area contributed by atoms with Crippen LogP contribution in [0.15, 0.2) is 41.6 Å². The highest BCUT2D eigenvalue weighted by molar-refractivity contribution is 6.38. The molecule has 53 heavy (non-hydrogen) atoms. The summed E-state index contributed by atoms with van der Waals surface area (Å²) >= 11 is 0. The van der Waals surface area contributed by atoms with Crippen molar-refractivity contribution in [1.29, 1.82) is 0 Å². The first kappa shape index (κ1) is 39.4. The van der Waals surface area contributed by atoms with Gasteiger partial charge in [-0.15, -0.1) is 0 Å². The Kier molecular flexibility index (Phi) is 11.6. The first-order valence-corrected chi connectivity index (χ1v) is 18.4. The number of nitrogens with one attached hydrogen (secondary N) is 3. The summed E-state index contributed by atoms with van der Waals surface area (Å²) in [7, 11) is 1.35. The lowest BCUT2D eigenvalue weighted by molar-refractivity contribution is -0.145. The van der Waals surface area contributed by atoms with Gasteiger partial charge in [0.05, 0.1) is 24.9 Å². The molecule has 2 fully saturated rings. The largest absolute Gasteiger partial charge is 0.493 e. The highest BCUT2D eigenvalue weighted by Gasteiger charge is 2.56. The Hall–Kier alpha value is -4.81. The second-order valence-corrected chi connectivity index (χ2v) is 15.6. The minimum atomic E-state index is -1.09. The summed E-state index contributed by atoms with van der Waals surface area (Å²) in [6.07, 6.45) is 1.68. The second-order valence-electron chi connectivity index (χ2n) is 15.6. The third-order valence-corrected chi connectivity index (χ3v) is 10.4. The number of Topliss-reactive ketones (excluding diaryl/α,β-unsaturated/α-hetero) is 1. The summed E-state index contributed by atoms with van der Waals surface area (Å²) in [6.45, 7) is 13.7. The number of carbonyl (C=O) groups excluding carboxylic acids is 5. The van der Waals surface area contributed by atoms with Crippen LogP contribution in [0.3, 0.4) is 0 Å². The van der Waals surface area contributed by atoms with Crippen molar-refractivity contribution in [2.24, 2.45) is 16.5 Å². The molecule has 3 aliphatic rings. The van der Waals surface area contributed by atoms with E-state index >= 15 is 0 Å². The lowest BCUT2D eigenvalue weighted by atomic mass is 9.85. The predicted octanol–water partition coefficient (Wildman–Crippen LogP) is 4.24. The van der Waals surface area contributed by atoms with Gasteiger partial charge >= 0.3 is 0 Å². The van der Waals surface area contributed by atoms with E-state index in [-0.39, 0.29) is 42.9 Å². The number of rotatable bonds is 13. The van der Waals surface area contributed by atoms with Crippen LogP contribution in [0.25, 0.3) is 0 Å². The third kappa shape index (κ3) is 8.55. The molecule has 5 rings (SSSR count). The smallest absolute Gasteiger partial charge is 0.289 e. The molecular weight excluding hydrogens is 681 g/mol. The van der Waals surface area contributed by atoms with E-state index in [1.807, 2.05) is 60.6 Å². The zero-order valence-corrected chi connectivity index (χ0v) is 31.9. The number of hydrogen-bond donors (Lipinski definition) is 3. The number of aryl methyl sites for hydroxylation is 2. The maximum Gasteiger partial charge on any atom is 0.289 e. The van der Waals surface area contributed by atoms with Crippen molar-refractivity contribution in [2.45, 2.75) is 110 Å². The molecular formula is C40H52FN5O7. The number of oxime groups is 1. The van der Waals surface area contributed by atoms with Gasteiger partial charge in [0.15, 0.2) is 5.60 Å². The fourth-order valence-electron chi connectivity index (χ4n) is 7.51. The van der Waals surface area contributed by atoms with Gasteiger partial charge < -0.3 is 30.4 Å². The standard InChI is InChI=1S/C40H52FN5O7/c1-9-11-29(32(47)37(50)42-8)43-36(49)31-20-40(19-30(45-53-40)25-16-22(3)33(52-10-2)23(4)17-25)21-46(31)38(51)34(39(5,6)7)44-35(48)28-18-27(28)24-12-14-26(41)15-13-24/h12-17,27-29,31,34H,9-11,18-21H2,1-8H3,(H,42,50)(H,43,49)(H,44,48)/t27-,28+,29-,31-,34+,40+/m0/s1. The summed E-state index contributed by atoms with van der Waals surface area (Å²) < 4.78 is 19.4. The second kappa shape index (κ2) is 15.7. The molecule has 2 aromatic carbocycles. The van der Waals surface area contributed by atoms with Crippen molar-refractivity contribution in [3.63, 3.8) is 0 Å². The summed E-state index contributed by atoms with van der Waals surface area (Å²) in [5, 5.41) is 12.5. The van der Waals surface area contributed by atoms with Crippen molar-refractivity contribution in [2.75, 3.05) is 20.2 Å².